The van der Waals surface area contributed by atoms with Crippen LogP contribution in [0.25, 0.3) is 6.08 Å². The highest BCUT2D eigenvalue weighted by Gasteiger charge is 2.10. The lowest BCUT2D eigenvalue weighted by Gasteiger charge is -2.28. The highest BCUT2D eigenvalue weighted by molar-refractivity contribution is 6.07. The molecule has 2 aromatic carbocycles. The first kappa shape index (κ1) is 18.7. The predicted molar refractivity (Wildman–Crippen MR) is 103 cm³/mol. The van der Waals surface area contributed by atoms with Crippen LogP contribution in [0, 0.1) is 0 Å². The Morgan fingerprint density at radius 2 is 1.78 bits per heavy atom. The van der Waals surface area contributed by atoms with E-state index in [1.165, 1.54) is 37.1 Å². The molecule has 1 fully saturated rings. The Hall–Kier alpha value is -3.08. The van der Waals surface area contributed by atoms with Crippen molar-refractivity contribution in [2.45, 2.75) is 19.3 Å². The molecule has 0 aliphatic carbocycles. The van der Waals surface area contributed by atoms with Crippen molar-refractivity contribution >= 4 is 23.5 Å². The smallest absolute Gasteiger partial charge is 0.185 e. The maximum atomic E-state index is 12.3. The van der Waals surface area contributed by atoms with Gasteiger partial charge in [0.05, 0.1) is 5.97 Å². The van der Waals surface area contributed by atoms with Gasteiger partial charge < -0.3 is 19.5 Å². The zero-order valence-corrected chi connectivity index (χ0v) is 15.1. The van der Waals surface area contributed by atoms with Crippen LogP contribution in [0.5, 0.6) is 5.75 Å². The zero-order chi connectivity index (χ0) is 19.1. The highest BCUT2D eigenvalue weighted by Crippen LogP contribution is 2.21. The van der Waals surface area contributed by atoms with Gasteiger partial charge in [0.25, 0.3) is 0 Å². The molecule has 0 N–H and O–H groups in total. The summed E-state index contributed by atoms with van der Waals surface area (Å²) in [7, 11) is 0. The predicted octanol–water partition coefficient (Wildman–Crippen LogP) is 2.70. The first-order valence-electron chi connectivity index (χ1n) is 9.12. The minimum absolute atomic E-state index is 0.172. The molecule has 1 aliphatic rings. The summed E-state index contributed by atoms with van der Waals surface area (Å²) in [6, 6.07) is 14.6. The summed E-state index contributed by atoms with van der Waals surface area (Å²) in [4.78, 5) is 25.2. The minimum atomic E-state index is -1.31. The van der Waals surface area contributed by atoms with Crippen LogP contribution in [0.15, 0.2) is 54.6 Å². The maximum Gasteiger partial charge on any atom is 0.185 e. The van der Waals surface area contributed by atoms with Crippen LogP contribution in [0.1, 0.15) is 35.2 Å². The van der Waals surface area contributed by atoms with E-state index in [0.29, 0.717) is 11.3 Å². The number of piperidine rings is 1. The van der Waals surface area contributed by atoms with Crippen LogP contribution in [0.3, 0.4) is 0 Å². The SMILES string of the molecule is O=C([O-])COc1cccc(C(=O)/C=C/c2ccc(N3CCCCC3)cc2)c1. The fraction of sp³-hybridized carbons (Fsp3) is 0.273. The van der Waals surface area contributed by atoms with Gasteiger partial charge in [-0.2, -0.15) is 0 Å². The van der Waals surface area contributed by atoms with E-state index in [1.54, 1.807) is 24.3 Å². The van der Waals surface area contributed by atoms with E-state index in [4.69, 9.17) is 4.74 Å². The van der Waals surface area contributed by atoms with Crippen molar-refractivity contribution in [2.75, 3.05) is 24.6 Å². The normalized spacial score (nSPS) is 14.3. The van der Waals surface area contributed by atoms with E-state index in [1.807, 2.05) is 12.1 Å². The van der Waals surface area contributed by atoms with Crippen LogP contribution < -0.4 is 14.7 Å². The molecular weight excluding hydrogens is 342 g/mol. The molecule has 0 atom stereocenters. The lowest BCUT2D eigenvalue weighted by molar-refractivity contribution is -0.307. The van der Waals surface area contributed by atoms with E-state index in [-0.39, 0.29) is 5.78 Å². The highest BCUT2D eigenvalue weighted by atomic mass is 16.5. The molecule has 140 valence electrons. The van der Waals surface area contributed by atoms with Crippen LogP contribution in [0.2, 0.25) is 0 Å². The third kappa shape index (κ3) is 5.45. The summed E-state index contributed by atoms with van der Waals surface area (Å²) >= 11 is 0. The number of carboxylic acid groups (broad SMARTS) is 1. The number of hydrogen-bond acceptors (Lipinski definition) is 5. The Morgan fingerprint density at radius 3 is 2.48 bits per heavy atom. The molecule has 3 rings (SSSR count). The standard InChI is InChI=1S/C22H23NO4/c24-21(18-5-4-6-20(15-18)27-16-22(25)26)12-9-17-7-10-19(11-8-17)23-13-2-1-3-14-23/h4-12,15H,1-3,13-14,16H2,(H,25,26)/p-1/b12-9+. The van der Waals surface area contributed by atoms with Crippen LogP contribution in [-0.2, 0) is 4.79 Å². The van der Waals surface area contributed by atoms with E-state index in [0.717, 1.165) is 18.7 Å². The number of benzene rings is 2. The maximum absolute atomic E-state index is 12.3. The van der Waals surface area contributed by atoms with Gasteiger partial charge in [-0.05, 0) is 55.2 Å². The summed E-state index contributed by atoms with van der Waals surface area (Å²) in [6.45, 7) is 1.66. The molecule has 5 heteroatoms. The molecule has 0 aromatic heterocycles. The van der Waals surface area contributed by atoms with Crippen molar-refractivity contribution in [2.24, 2.45) is 0 Å². The number of nitrogens with zero attached hydrogens (tertiary/aromatic N) is 1. The summed E-state index contributed by atoms with van der Waals surface area (Å²) in [5.74, 6) is -1.15. The molecule has 0 spiro atoms. The first-order chi connectivity index (χ1) is 13.1. The number of ketones is 1. The minimum Gasteiger partial charge on any atom is -0.546 e. The van der Waals surface area contributed by atoms with Crippen molar-refractivity contribution in [1.29, 1.82) is 0 Å². The summed E-state index contributed by atoms with van der Waals surface area (Å²) in [5.41, 5.74) is 2.61. The Labute approximate surface area is 158 Å². The Morgan fingerprint density at radius 1 is 1.04 bits per heavy atom. The first-order valence-corrected chi connectivity index (χ1v) is 9.12. The average Bonchev–Trinajstić information content (AvgIpc) is 2.72. The molecule has 0 bridgehead atoms. The molecular formula is C22H22NO4-. The Kier molecular flexibility index (Phi) is 6.26. The third-order valence-electron chi connectivity index (χ3n) is 4.52. The Bertz CT molecular complexity index is 820. The van der Waals surface area contributed by atoms with E-state index >= 15 is 0 Å². The molecule has 0 amide bonds. The van der Waals surface area contributed by atoms with Gasteiger partial charge in [-0.3, -0.25) is 4.79 Å². The largest absolute Gasteiger partial charge is 0.546 e. The van der Waals surface area contributed by atoms with Crippen molar-refractivity contribution in [3.63, 3.8) is 0 Å². The summed E-state index contributed by atoms with van der Waals surface area (Å²) in [5, 5.41) is 10.5. The van der Waals surface area contributed by atoms with E-state index < -0.39 is 12.6 Å². The third-order valence-corrected chi connectivity index (χ3v) is 4.52. The second-order valence-corrected chi connectivity index (χ2v) is 6.53. The lowest BCUT2D eigenvalue weighted by Crippen LogP contribution is -2.29. The number of carboxylic acids is 1. The van der Waals surface area contributed by atoms with Crippen molar-refractivity contribution in [1.82, 2.24) is 0 Å². The van der Waals surface area contributed by atoms with Gasteiger partial charge in [0.2, 0.25) is 0 Å². The van der Waals surface area contributed by atoms with Gasteiger partial charge in [0, 0.05) is 24.3 Å². The molecule has 27 heavy (non-hydrogen) atoms. The molecule has 2 aromatic rings. The monoisotopic (exact) mass is 364 g/mol. The van der Waals surface area contributed by atoms with Crippen molar-refractivity contribution < 1.29 is 19.4 Å². The van der Waals surface area contributed by atoms with Crippen molar-refractivity contribution in [3.05, 3.63) is 65.7 Å². The van der Waals surface area contributed by atoms with E-state index in [9.17, 15) is 14.7 Å². The molecule has 1 heterocycles. The number of hydrogen-bond donors (Lipinski definition) is 0. The topological polar surface area (TPSA) is 69.7 Å². The second-order valence-electron chi connectivity index (χ2n) is 6.53. The van der Waals surface area contributed by atoms with Gasteiger partial charge in [0.1, 0.15) is 12.4 Å². The number of rotatable bonds is 7. The summed E-state index contributed by atoms with van der Waals surface area (Å²) < 4.78 is 5.05. The molecule has 0 saturated carbocycles. The van der Waals surface area contributed by atoms with Crippen LogP contribution in [0.4, 0.5) is 5.69 Å². The molecule has 1 saturated heterocycles. The van der Waals surface area contributed by atoms with Gasteiger partial charge in [-0.25, -0.2) is 0 Å². The molecule has 5 nitrogen and oxygen atoms in total. The van der Waals surface area contributed by atoms with Crippen LogP contribution >= 0.6 is 0 Å². The van der Waals surface area contributed by atoms with Gasteiger partial charge in [-0.1, -0.05) is 30.3 Å². The number of ether oxygens (including phenoxy) is 1. The number of aliphatic carboxylic acids is 1. The second kappa shape index (κ2) is 9.03. The average molecular weight is 364 g/mol. The number of carbonyl (C=O) groups is 2. The molecule has 0 radical (unpaired) electrons. The number of allylic oxidation sites excluding steroid dienone is 1. The van der Waals surface area contributed by atoms with Crippen molar-refractivity contribution in [3.8, 4) is 5.75 Å². The lowest BCUT2D eigenvalue weighted by atomic mass is 10.1. The number of carbonyl (C=O) groups excluding carboxylic acids is 2. The summed E-state index contributed by atoms with van der Waals surface area (Å²) in [6.07, 6.45) is 7.06. The van der Waals surface area contributed by atoms with Crippen LogP contribution in [-0.4, -0.2) is 31.4 Å². The zero-order valence-electron chi connectivity index (χ0n) is 15.1. The van der Waals surface area contributed by atoms with Gasteiger partial charge >= 0.3 is 0 Å². The quantitative estimate of drug-likeness (QED) is 0.558. The Balaban J connectivity index is 1.62. The van der Waals surface area contributed by atoms with Gasteiger partial charge in [-0.15, -0.1) is 0 Å². The van der Waals surface area contributed by atoms with Gasteiger partial charge in [0.15, 0.2) is 5.78 Å². The molecule has 1 aliphatic heterocycles. The molecule has 0 unspecified atom stereocenters. The fourth-order valence-corrected chi connectivity index (χ4v) is 3.10. The fourth-order valence-electron chi connectivity index (χ4n) is 3.10. The number of anilines is 1. The van der Waals surface area contributed by atoms with E-state index in [2.05, 4.69) is 17.0 Å².